The third-order valence-electron chi connectivity index (χ3n) is 4.38. The number of carbonyl (C=O) groups excluding carboxylic acids is 1. The molecule has 0 radical (unpaired) electrons. The van der Waals surface area contributed by atoms with Crippen molar-refractivity contribution >= 4 is 16.7 Å². The molecule has 0 spiro atoms. The van der Waals surface area contributed by atoms with Crippen LogP contribution in [0.4, 0.5) is 0 Å². The van der Waals surface area contributed by atoms with Crippen molar-refractivity contribution in [3.63, 3.8) is 0 Å². The molecule has 26 heavy (non-hydrogen) atoms. The third kappa shape index (κ3) is 4.61. The Morgan fingerprint density at radius 2 is 1.88 bits per heavy atom. The number of ether oxygens (including phenoxy) is 1. The second kappa shape index (κ2) is 8.50. The quantitative estimate of drug-likeness (QED) is 0.689. The zero-order valence-corrected chi connectivity index (χ0v) is 14.8. The van der Waals surface area contributed by atoms with Crippen LogP contribution in [0.15, 0.2) is 66.7 Å². The molecule has 1 atom stereocenters. The standard InChI is InChI=1S/C22H23NO3/c1-26-20-11-10-17-8-5-9-18(21(17)14-20)13-22(25)23-15-19(24)12-16-6-3-2-4-7-16/h2-11,14,19,24H,12-13,15H2,1H3,(H,23,25). The van der Waals surface area contributed by atoms with Crippen molar-refractivity contribution in [2.75, 3.05) is 13.7 Å². The maximum Gasteiger partial charge on any atom is 0.224 e. The highest BCUT2D eigenvalue weighted by atomic mass is 16.5. The van der Waals surface area contributed by atoms with Crippen molar-refractivity contribution < 1.29 is 14.6 Å². The fourth-order valence-corrected chi connectivity index (χ4v) is 3.02. The molecular weight excluding hydrogens is 326 g/mol. The molecule has 1 amide bonds. The predicted octanol–water partition coefficient (Wildman–Crippen LogP) is 3.11. The monoisotopic (exact) mass is 349 g/mol. The van der Waals surface area contributed by atoms with Gasteiger partial charge in [0.25, 0.3) is 0 Å². The van der Waals surface area contributed by atoms with Crippen molar-refractivity contribution in [1.29, 1.82) is 0 Å². The lowest BCUT2D eigenvalue weighted by Gasteiger charge is -2.13. The molecule has 0 bridgehead atoms. The Hall–Kier alpha value is -2.85. The van der Waals surface area contributed by atoms with E-state index in [4.69, 9.17) is 4.74 Å². The second-order valence-electron chi connectivity index (χ2n) is 6.33. The van der Waals surface area contributed by atoms with E-state index >= 15 is 0 Å². The van der Waals surface area contributed by atoms with E-state index in [2.05, 4.69) is 5.32 Å². The second-order valence-corrected chi connectivity index (χ2v) is 6.33. The first-order valence-corrected chi connectivity index (χ1v) is 8.70. The van der Waals surface area contributed by atoms with E-state index in [-0.39, 0.29) is 18.9 Å². The highest BCUT2D eigenvalue weighted by Gasteiger charge is 2.11. The zero-order valence-electron chi connectivity index (χ0n) is 14.8. The Bertz CT molecular complexity index is 877. The molecule has 0 aromatic heterocycles. The summed E-state index contributed by atoms with van der Waals surface area (Å²) in [5.74, 6) is 0.663. The van der Waals surface area contributed by atoms with Gasteiger partial charge in [-0.2, -0.15) is 0 Å². The van der Waals surface area contributed by atoms with Crippen LogP contribution >= 0.6 is 0 Å². The number of aliphatic hydroxyl groups excluding tert-OH is 1. The Balaban J connectivity index is 1.60. The Morgan fingerprint density at radius 3 is 2.65 bits per heavy atom. The number of methoxy groups -OCH3 is 1. The number of nitrogens with one attached hydrogen (secondary N) is 1. The Kier molecular flexibility index (Phi) is 5.87. The van der Waals surface area contributed by atoms with Gasteiger partial charge in [0.1, 0.15) is 5.75 Å². The molecule has 0 aliphatic carbocycles. The molecule has 0 saturated carbocycles. The smallest absolute Gasteiger partial charge is 0.224 e. The summed E-state index contributed by atoms with van der Waals surface area (Å²) in [5.41, 5.74) is 1.99. The summed E-state index contributed by atoms with van der Waals surface area (Å²) in [4.78, 5) is 12.3. The van der Waals surface area contributed by atoms with Crippen molar-refractivity contribution in [2.24, 2.45) is 0 Å². The fourth-order valence-electron chi connectivity index (χ4n) is 3.02. The minimum atomic E-state index is -0.603. The summed E-state index contributed by atoms with van der Waals surface area (Å²) < 4.78 is 5.28. The number of aliphatic hydroxyl groups is 1. The molecule has 3 aromatic carbocycles. The van der Waals surface area contributed by atoms with Gasteiger partial charge in [-0.15, -0.1) is 0 Å². The number of hydrogen-bond acceptors (Lipinski definition) is 3. The summed E-state index contributed by atoms with van der Waals surface area (Å²) in [7, 11) is 1.63. The van der Waals surface area contributed by atoms with E-state index in [0.29, 0.717) is 6.42 Å². The molecule has 3 rings (SSSR count). The lowest BCUT2D eigenvalue weighted by atomic mass is 10.0. The van der Waals surface area contributed by atoms with Gasteiger partial charge in [-0.1, -0.05) is 54.6 Å². The Morgan fingerprint density at radius 1 is 1.08 bits per heavy atom. The number of amides is 1. The fraction of sp³-hybridized carbons (Fsp3) is 0.227. The maximum absolute atomic E-state index is 12.3. The maximum atomic E-state index is 12.3. The number of hydrogen-bond donors (Lipinski definition) is 2. The predicted molar refractivity (Wildman–Crippen MR) is 103 cm³/mol. The lowest BCUT2D eigenvalue weighted by Crippen LogP contribution is -2.34. The van der Waals surface area contributed by atoms with E-state index in [9.17, 15) is 9.90 Å². The van der Waals surface area contributed by atoms with Crippen molar-refractivity contribution in [3.8, 4) is 5.75 Å². The van der Waals surface area contributed by atoms with Crippen LogP contribution in [0.1, 0.15) is 11.1 Å². The highest BCUT2D eigenvalue weighted by molar-refractivity contribution is 5.91. The van der Waals surface area contributed by atoms with Crippen LogP contribution in [0.5, 0.6) is 5.75 Å². The van der Waals surface area contributed by atoms with Crippen LogP contribution in [0.2, 0.25) is 0 Å². The van der Waals surface area contributed by atoms with E-state index in [1.54, 1.807) is 7.11 Å². The first-order valence-electron chi connectivity index (χ1n) is 8.70. The number of fused-ring (bicyclic) bond motifs is 1. The topological polar surface area (TPSA) is 58.6 Å². The molecule has 0 heterocycles. The molecule has 0 aliphatic rings. The van der Waals surface area contributed by atoms with Gasteiger partial charge in [0.15, 0.2) is 0 Å². The van der Waals surface area contributed by atoms with Gasteiger partial charge in [-0.05, 0) is 34.0 Å². The van der Waals surface area contributed by atoms with Crippen LogP contribution in [0.25, 0.3) is 10.8 Å². The molecule has 0 aliphatic heterocycles. The molecule has 2 N–H and O–H groups in total. The van der Waals surface area contributed by atoms with Gasteiger partial charge in [-0.25, -0.2) is 0 Å². The van der Waals surface area contributed by atoms with Crippen LogP contribution < -0.4 is 10.1 Å². The third-order valence-corrected chi connectivity index (χ3v) is 4.38. The molecule has 0 fully saturated rings. The molecule has 0 saturated heterocycles. The minimum absolute atomic E-state index is 0.104. The van der Waals surface area contributed by atoms with Crippen LogP contribution in [-0.4, -0.2) is 30.8 Å². The van der Waals surface area contributed by atoms with Gasteiger partial charge in [-0.3, -0.25) is 4.79 Å². The first-order chi connectivity index (χ1) is 12.7. The molecule has 4 nitrogen and oxygen atoms in total. The van der Waals surface area contributed by atoms with Crippen molar-refractivity contribution in [2.45, 2.75) is 18.9 Å². The SMILES string of the molecule is COc1ccc2cccc(CC(=O)NCC(O)Cc3ccccc3)c2c1. The molecule has 4 heteroatoms. The minimum Gasteiger partial charge on any atom is -0.497 e. The van der Waals surface area contributed by atoms with Crippen LogP contribution in [-0.2, 0) is 17.6 Å². The molecule has 1 unspecified atom stereocenters. The average Bonchev–Trinajstić information content (AvgIpc) is 2.67. The number of carbonyl (C=O) groups is 1. The largest absolute Gasteiger partial charge is 0.497 e. The zero-order chi connectivity index (χ0) is 18.4. The summed E-state index contributed by atoms with van der Waals surface area (Å²) in [5, 5.41) is 15.0. The summed E-state index contributed by atoms with van der Waals surface area (Å²) in [6, 6.07) is 21.5. The molecular formula is C22H23NO3. The van der Waals surface area contributed by atoms with Crippen molar-refractivity contribution in [3.05, 3.63) is 77.9 Å². The van der Waals surface area contributed by atoms with E-state index in [0.717, 1.165) is 27.6 Å². The van der Waals surface area contributed by atoms with Crippen molar-refractivity contribution in [1.82, 2.24) is 5.32 Å². The Labute approximate surface area is 153 Å². The van der Waals surface area contributed by atoms with E-state index in [1.807, 2.05) is 66.7 Å². The highest BCUT2D eigenvalue weighted by Crippen LogP contribution is 2.24. The number of rotatable bonds is 7. The average molecular weight is 349 g/mol. The van der Waals surface area contributed by atoms with Gasteiger partial charge in [0, 0.05) is 13.0 Å². The van der Waals surface area contributed by atoms with Gasteiger partial charge in [0.2, 0.25) is 5.91 Å². The van der Waals surface area contributed by atoms with Gasteiger partial charge >= 0.3 is 0 Å². The van der Waals surface area contributed by atoms with E-state index in [1.165, 1.54) is 0 Å². The molecule has 134 valence electrons. The molecule has 3 aromatic rings. The number of benzene rings is 3. The summed E-state index contributed by atoms with van der Waals surface area (Å²) in [6.45, 7) is 0.238. The first kappa shape index (κ1) is 18.0. The van der Waals surface area contributed by atoms with E-state index < -0.39 is 6.10 Å². The lowest BCUT2D eigenvalue weighted by molar-refractivity contribution is -0.120. The van der Waals surface area contributed by atoms with Crippen LogP contribution in [0.3, 0.4) is 0 Å². The normalized spacial score (nSPS) is 11.9. The van der Waals surface area contributed by atoms with Gasteiger partial charge < -0.3 is 15.2 Å². The van der Waals surface area contributed by atoms with Crippen LogP contribution in [0, 0.1) is 0 Å². The summed E-state index contributed by atoms with van der Waals surface area (Å²) >= 11 is 0. The summed E-state index contributed by atoms with van der Waals surface area (Å²) in [6.07, 6.45) is 0.184. The van der Waals surface area contributed by atoms with Gasteiger partial charge in [0.05, 0.1) is 19.6 Å².